The van der Waals surface area contributed by atoms with Gasteiger partial charge >= 0.3 is 0 Å². The van der Waals surface area contributed by atoms with Crippen molar-refractivity contribution in [1.82, 2.24) is 9.13 Å². The molecule has 0 bridgehead atoms. The molecule has 0 amide bonds. The van der Waals surface area contributed by atoms with Crippen molar-refractivity contribution in [3.05, 3.63) is 168 Å². The smallest absolute Gasteiger partial charge is 0.0547 e. The van der Waals surface area contributed by atoms with E-state index in [1.807, 2.05) is 31.2 Å². The lowest BCUT2D eigenvalue weighted by atomic mass is 10.0. The molecule has 0 saturated heterocycles. The second-order valence-electron chi connectivity index (χ2n) is 11.1. The van der Waals surface area contributed by atoms with Crippen molar-refractivity contribution in [3.63, 3.8) is 0 Å². The molecule has 2 heterocycles. The van der Waals surface area contributed by atoms with Crippen LogP contribution in [0.2, 0.25) is 0 Å². The molecule has 8 rings (SSSR count). The van der Waals surface area contributed by atoms with Gasteiger partial charge in [0.2, 0.25) is 0 Å². The van der Waals surface area contributed by atoms with Crippen molar-refractivity contribution in [1.29, 1.82) is 5.41 Å². The molecule has 0 spiro atoms. The lowest BCUT2D eigenvalue weighted by Gasteiger charge is -2.11. The molecule has 3 nitrogen and oxygen atoms in total. The highest BCUT2D eigenvalue weighted by Crippen LogP contribution is 2.37. The Hall–Kier alpha value is -5.93. The van der Waals surface area contributed by atoms with Crippen LogP contribution in [0.4, 0.5) is 0 Å². The minimum Gasteiger partial charge on any atom is -0.317 e. The Bertz CT molecular complexity index is 2480. The topological polar surface area (TPSA) is 33.7 Å². The SMILES string of the molecule is C=CC.C=c1cccc/c1=C(/C=N)c1ccc(-n2c3ccccc3c3cc4c(ccc5c4ccn5-c4ccccc4)cc32)cc1. The van der Waals surface area contributed by atoms with Crippen LogP contribution in [0.5, 0.6) is 0 Å². The van der Waals surface area contributed by atoms with Crippen LogP contribution in [0.25, 0.3) is 67.0 Å². The van der Waals surface area contributed by atoms with Crippen LogP contribution in [0.3, 0.4) is 0 Å². The Morgan fingerprint density at radius 1 is 0.622 bits per heavy atom. The molecule has 0 radical (unpaired) electrons. The predicted octanol–water partition coefficient (Wildman–Crippen LogP) is 9.33. The highest BCUT2D eigenvalue weighted by atomic mass is 15.0. The summed E-state index contributed by atoms with van der Waals surface area (Å²) in [5.74, 6) is 0. The molecular formula is C42H33N3. The van der Waals surface area contributed by atoms with Gasteiger partial charge in [0.1, 0.15) is 0 Å². The van der Waals surface area contributed by atoms with Gasteiger partial charge < -0.3 is 14.5 Å². The van der Waals surface area contributed by atoms with Gasteiger partial charge in [0.05, 0.1) is 16.6 Å². The summed E-state index contributed by atoms with van der Waals surface area (Å²) >= 11 is 0. The molecule has 0 atom stereocenters. The monoisotopic (exact) mass is 579 g/mol. The van der Waals surface area contributed by atoms with E-state index in [2.05, 4.69) is 138 Å². The summed E-state index contributed by atoms with van der Waals surface area (Å²) in [6.07, 6.45) is 5.35. The van der Waals surface area contributed by atoms with Gasteiger partial charge in [-0.1, -0.05) is 91.5 Å². The van der Waals surface area contributed by atoms with Gasteiger partial charge in [-0.2, -0.15) is 0 Å². The Morgan fingerprint density at radius 2 is 1.31 bits per heavy atom. The number of nitrogens with one attached hydrogen (secondary N) is 1. The first-order chi connectivity index (χ1) is 22.1. The van der Waals surface area contributed by atoms with E-state index < -0.39 is 0 Å². The van der Waals surface area contributed by atoms with E-state index in [9.17, 15) is 0 Å². The molecule has 0 unspecified atom stereocenters. The van der Waals surface area contributed by atoms with Crippen LogP contribution in [-0.4, -0.2) is 15.3 Å². The fourth-order valence-electron chi connectivity index (χ4n) is 6.40. The molecule has 0 aliphatic heterocycles. The van der Waals surface area contributed by atoms with E-state index in [0.717, 1.165) is 32.9 Å². The number of fused-ring (bicyclic) bond motifs is 6. The fraction of sp³-hybridized carbons (Fsp3) is 0.0238. The highest BCUT2D eigenvalue weighted by Gasteiger charge is 2.15. The van der Waals surface area contributed by atoms with Gasteiger partial charge in [-0.15, -0.1) is 6.58 Å². The lowest BCUT2D eigenvalue weighted by Crippen LogP contribution is -2.25. The summed E-state index contributed by atoms with van der Waals surface area (Å²) in [5.41, 5.74) is 7.68. The summed E-state index contributed by atoms with van der Waals surface area (Å²) in [4.78, 5) is 0. The lowest BCUT2D eigenvalue weighted by molar-refractivity contribution is 1.13. The van der Waals surface area contributed by atoms with E-state index in [-0.39, 0.29) is 0 Å². The van der Waals surface area contributed by atoms with Crippen LogP contribution >= 0.6 is 0 Å². The van der Waals surface area contributed by atoms with Crippen molar-refractivity contribution in [3.8, 4) is 11.4 Å². The Labute approximate surface area is 262 Å². The van der Waals surface area contributed by atoms with E-state index in [0.29, 0.717) is 0 Å². The molecule has 2 aromatic heterocycles. The number of benzene rings is 6. The molecule has 8 aromatic rings. The first-order valence-electron chi connectivity index (χ1n) is 15.1. The van der Waals surface area contributed by atoms with Crippen LogP contribution in [0, 0.1) is 5.41 Å². The third kappa shape index (κ3) is 4.75. The maximum atomic E-state index is 8.13. The van der Waals surface area contributed by atoms with Gasteiger partial charge in [-0.05, 0) is 88.3 Å². The number of aromatic nitrogens is 2. The zero-order valence-corrected chi connectivity index (χ0v) is 25.2. The highest BCUT2D eigenvalue weighted by molar-refractivity contribution is 6.18. The number of allylic oxidation sites excluding steroid dienone is 1. The third-order valence-corrected chi connectivity index (χ3v) is 8.40. The number of hydrogen-bond acceptors (Lipinski definition) is 1. The van der Waals surface area contributed by atoms with Crippen LogP contribution in [0.1, 0.15) is 12.5 Å². The zero-order valence-electron chi connectivity index (χ0n) is 25.2. The minimum absolute atomic E-state index is 0.867. The van der Waals surface area contributed by atoms with E-state index in [4.69, 9.17) is 5.41 Å². The average Bonchev–Trinajstić information content (AvgIpc) is 3.66. The molecule has 45 heavy (non-hydrogen) atoms. The molecule has 0 saturated carbocycles. The van der Waals surface area contributed by atoms with Crippen LogP contribution in [0.15, 0.2) is 152 Å². The molecule has 1 N–H and O–H groups in total. The van der Waals surface area contributed by atoms with Gasteiger partial charge in [0.15, 0.2) is 0 Å². The summed E-state index contributed by atoms with van der Waals surface area (Å²) < 4.78 is 4.61. The Balaban J connectivity index is 0.00000104. The number of para-hydroxylation sites is 2. The number of hydrogen-bond donors (Lipinski definition) is 1. The Kier molecular flexibility index (Phi) is 7.20. The normalized spacial score (nSPS) is 11.8. The second kappa shape index (κ2) is 11.6. The molecule has 0 aliphatic rings. The molecule has 0 fully saturated rings. The average molecular weight is 580 g/mol. The van der Waals surface area contributed by atoms with E-state index in [1.54, 1.807) is 6.08 Å². The van der Waals surface area contributed by atoms with E-state index in [1.165, 1.54) is 49.7 Å². The summed E-state index contributed by atoms with van der Waals surface area (Å²) in [7, 11) is 0. The number of nitrogens with zero attached hydrogens (tertiary/aromatic N) is 2. The Morgan fingerprint density at radius 3 is 2.07 bits per heavy atom. The molecule has 0 aliphatic carbocycles. The minimum atomic E-state index is 0.867. The summed E-state index contributed by atoms with van der Waals surface area (Å²) in [6.45, 7) is 9.42. The molecule has 6 aromatic carbocycles. The second-order valence-corrected chi connectivity index (χ2v) is 11.1. The van der Waals surface area contributed by atoms with E-state index >= 15 is 0 Å². The molecule has 3 heteroatoms. The summed E-state index contributed by atoms with van der Waals surface area (Å²) in [5, 5.41) is 16.2. The molecule has 216 valence electrons. The van der Waals surface area contributed by atoms with Crippen LogP contribution < -0.4 is 10.4 Å². The van der Waals surface area contributed by atoms with Crippen molar-refractivity contribution in [2.75, 3.05) is 0 Å². The van der Waals surface area contributed by atoms with Gasteiger partial charge in [0, 0.05) is 45.5 Å². The summed E-state index contributed by atoms with van der Waals surface area (Å²) in [6, 6.07) is 47.1. The number of rotatable bonds is 4. The first kappa shape index (κ1) is 27.9. The maximum absolute atomic E-state index is 8.13. The van der Waals surface area contributed by atoms with Crippen LogP contribution in [-0.2, 0) is 0 Å². The van der Waals surface area contributed by atoms with Gasteiger partial charge in [0.25, 0.3) is 0 Å². The molecular weight excluding hydrogens is 546 g/mol. The zero-order chi connectivity index (χ0) is 30.9. The predicted molar refractivity (Wildman–Crippen MR) is 193 cm³/mol. The third-order valence-electron chi connectivity index (χ3n) is 8.40. The van der Waals surface area contributed by atoms with Gasteiger partial charge in [-0.3, -0.25) is 0 Å². The van der Waals surface area contributed by atoms with Gasteiger partial charge in [-0.25, -0.2) is 0 Å². The van der Waals surface area contributed by atoms with Crippen molar-refractivity contribution >= 4 is 61.8 Å². The van der Waals surface area contributed by atoms with Crippen molar-refractivity contribution in [2.45, 2.75) is 6.92 Å². The first-order valence-corrected chi connectivity index (χ1v) is 15.1. The standard InChI is InChI=1S/C39H27N3.C3H6/c1-26-9-5-6-12-31(26)36(25-40)27-15-18-30(19-16-27)42-38-14-8-7-13-32(38)35-24-34-28(23-39(35)42)17-20-37-33(34)21-22-41(37)29-10-3-2-4-11-29;1-3-2/h2-25,40H,1H2;3H,1H2,2H3/b36-31+,40-25?;. The maximum Gasteiger partial charge on any atom is 0.0547 e. The fourth-order valence-corrected chi connectivity index (χ4v) is 6.40. The largest absolute Gasteiger partial charge is 0.317 e. The van der Waals surface area contributed by atoms with Crippen molar-refractivity contribution < 1.29 is 0 Å². The quantitative estimate of drug-likeness (QED) is 0.159. The van der Waals surface area contributed by atoms with Crippen molar-refractivity contribution in [2.24, 2.45) is 0 Å².